The molecule has 0 N–H and O–H groups in total. The normalized spacial score (nSPS) is 12.2. The number of nitro benzene ring substituents is 1. The number of rotatable bonds is 7. The van der Waals surface area contributed by atoms with Gasteiger partial charge in [-0.15, -0.1) is 11.3 Å². The van der Waals surface area contributed by atoms with Crippen molar-refractivity contribution in [1.82, 2.24) is 0 Å². The molecule has 20 heavy (non-hydrogen) atoms. The summed E-state index contributed by atoms with van der Waals surface area (Å²) in [5.41, 5.74) is 1.28. The third-order valence-corrected chi connectivity index (χ3v) is 4.84. The molecule has 1 aromatic heterocycles. The van der Waals surface area contributed by atoms with Crippen LogP contribution >= 0.6 is 27.3 Å². The van der Waals surface area contributed by atoms with Gasteiger partial charge in [-0.05, 0) is 42.7 Å². The number of benzene rings is 1. The van der Waals surface area contributed by atoms with E-state index in [1.165, 1.54) is 4.88 Å². The number of thiophene rings is 1. The summed E-state index contributed by atoms with van der Waals surface area (Å²) in [5, 5.41) is 12.7. The SMILES string of the molecule is O=[N+]([O-])c1ccc(CC(Br)CCCc2cccs2)cc1. The van der Waals surface area contributed by atoms with Gasteiger partial charge in [-0.25, -0.2) is 0 Å². The Bertz CT molecular complexity index is 540. The first-order valence-corrected chi connectivity index (χ1v) is 8.34. The largest absolute Gasteiger partial charge is 0.269 e. The monoisotopic (exact) mass is 353 g/mol. The van der Waals surface area contributed by atoms with Crippen molar-refractivity contribution in [2.45, 2.75) is 30.5 Å². The summed E-state index contributed by atoms with van der Waals surface area (Å²) in [6, 6.07) is 11.1. The van der Waals surface area contributed by atoms with Crippen LogP contribution in [0.3, 0.4) is 0 Å². The van der Waals surface area contributed by atoms with E-state index in [4.69, 9.17) is 0 Å². The number of hydrogen-bond donors (Lipinski definition) is 0. The van der Waals surface area contributed by atoms with Crippen molar-refractivity contribution in [1.29, 1.82) is 0 Å². The number of aryl methyl sites for hydroxylation is 1. The van der Waals surface area contributed by atoms with E-state index in [2.05, 4.69) is 33.4 Å². The first kappa shape index (κ1) is 15.2. The van der Waals surface area contributed by atoms with Crippen molar-refractivity contribution in [3.63, 3.8) is 0 Å². The number of hydrogen-bond acceptors (Lipinski definition) is 3. The molecule has 0 saturated heterocycles. The van der Waals surface area contributed by atoms with Crippen molar-refractivity contribution in [2.75, 3.05) is 0 Å². The van der Waals surface area contributed by atoms with Crippen LogP contribution in [0.1, 0.15) is 23.3 Å². The summed E-state index contributed by atoms with van der Waals surface area (Å²) in [7, 11) is 0. The lowest BCUT2D eigenvalue weighted by molar-refractivity contribution is -0.384. The second-order valence-corrected chi connectivity index (χ2v) is 7.02. The van der Waals surface area contributed by atoms with E-state index in [1.807, 2.05) is 12.1 Å². The molecule has 1 atom stereocenters. The Morgan fingerprint density at radius 2 is 2.00 bits per heavy atom. The fraction of sp³-hybridized carbons (Fsp3) is 0.333. The van der Waals surface area contributed by atoms with Gasteiger partial charge >= 0.3 is 0 Å². The zero-order chi connectivity index (χ0) is 14.4. The summed E-state index contributed by atoms with van der Waals surface area (Å²) >= 11 is 5.50. The van der Waals surface area contributed by atoms with E-state index < -0.39 is 0 Å². The topological polar surface area (TPSA) is 43.1 Å². The molecule has 106 valence electrons. The molecule has 0 aliphatic carbocycles. The van der Waals surface area contributed by atoms with E-state index in [-0.39, 0.29) is 10.6 Å². The summed E-state index contributed by atoms with van der Waals surface area (Å²) < 4.78 is 0. The van der Waals surface area contributed by atoms with Crippen molar-refractivity contribution in [3.05, 3.63) is 62.3 Å². The molecule has 0 aliphatic rings. The van der Waals surface area contributed by atoms with Gasteiger partial charge in [0, 0.05) is 21.8 Å². The zero-order valence-corrected chi connectivity index (χ0v) is 13.4. The second kappa shape index (κ2) is 7.55. The summed E-state index contributed by atoms with van der Waals surface area (Å²) in [4.78, 5) is 12.1. The van der Waals surface area contributed by atoms with E-state index in [1.54, 1.807) is 23.5 Å². The Labute approximate surface area is 130 Å². The average molecular weight is 354 g/mol. The fourth-order valence-corrected chi connectivity index (χ4v) is 3.51. The number of non-ortho nitro benzene ring substituents is 1. The Kier molecular flexibility index (Phi) is 5.73. The van der Waals surface area contributed by atoms with Crippen molar-refractivity contribution >= 4 is 33.0 Å². The van der Waals surface area contributed by atoms with Gasteiger partial charge in [-0.1, -0.05) is 34.1 Å². The average Bonchev–Trinajstić information content (AvgIpc) is 2.92. The van der Waals surface area contributed by atoms with Crippen LogP contribution in [-0.4, -0.2) is 9.75 Å². The van der Waals surface area contributed by atoms with Gasteiger partial charge in [-0.2, -0.15) is 0 Å². The number of nitrogens with zero attached hydrogens (tertiary/aromatic N) is 1. The highest BCUT2D eigenvalue weighted by molar-refractivity contribution is 9.09. The minimum atomic E-state index is -0.365. The van der Waals surface area contributed by atoms with Crippen molar-refractivity contribution in [2.24, 2.45) is 0 Å². The summed E-state index contributed by atoms with van der Waals surface area (Å²) in [6.07, 6.45) is 4.29. The third kappa shape index (κ3) is 4.72. The Hall–Kier alpha value is -1.20. The van der Waals surface area contributed by atoms with Crippen LogP contribution in [0.2, 0.25) is 0 Å². The smallest absolute Gasteiger partial charge is 0.258 e. The molecule has 0 radical (unpaired) electrons. The van der Waals surface area contributed by atoms with Gasteiger partial charge in [0.1, 0.15) is 0 Å². The molecular formula is C15H16BrNO2S. The second-order valence-electron chi connectivity index (χ2n) is 4.70. The van der Waals surface area contributed by atoms with Crippen LogP contribution in [0.25, 0.3) is 0 Å². The van der Waals surface area contributed by atoms with E-state index >= 15 is 0 Å². The molecular weight excluding hydrogens is 338 g/mol. The van der Waals surface area contributed by atoms with Crippen LogP contribution in [-0.2, 0) is 12.8 Å². The maximum Gasteiger partial charge on any atom is 0.269 e. The molecule has 0 bridgehead atoms. The molecule has 0 amide bonds. The molecule has 2 rings (SSSR count). The molecule has 1 aromatic carbocycles. The maximum atomic E-state index is 10.6. The van der Waals surface area contributed by atoms with Gasteiger partial charge in [0.25, 0.3) is 5.69 Å². The molecule has 3 nitrogen and oxygen atoms in total. The van der Waals surface area contributed by atoms with Crippen LogP contribution in [0.15, 0.2) is 41.8 Å². The minimum absolute atomic E-state index is 0.151. The predicted octanol–water partition coefficient (Wildman–Crippen LogP) is 4.99. The van der Waals surface area contributed by atoms with Crippen LogP contribution < -0.4 is 0 Å². The van der Waals surface area contributed by atoms with Crippen molar-refractivity contribution < 1.29 is 4.92 Å². The van der Waals surface area contributed by atoms with Crippen LogP contribution in [0.5, 0.6) is 0 Å². The van der Waals surface area contributed by atoms with Crippen LogP contribution in [0, 0.1) is 10.1 Å². The molecule has 0 aliphatic heterocycles. The summed E-state index contributed by atoms with van der Waals surface area (Å²) in [6.45, 7) is 0. The molecule has 0 spiro atoms. The third-order valence-electron chi connectivity index (χ3n) is 3.12. The lowest BCUT2D eigenvalue weighted by Gasteiger charge is -2.09. The molecule has 0 saturated carbocycles. The standard InChI is InChI=1S/C15H16BrNO2S/c16-13(3-1-4-15-5-2-10-20-15)11-12-6-8-14(9-7-12)17(18)19/h2,5-10,13H,1,3-4,11H2. The molecule has 2 aromatic rings. The summed E-state index contributed by atoms with van der Waals surface area (Å²) in [5.74, 6) is 0. The fourth-order valence-electron chi connectivity index (χ4n) is 2.06. The van der Waals surface area contributed by atoms with Gasteiger partial charge in [-0.3, -0.25) is 10.1 Å². The Morgan fingerprint density at radius 1 is 1.25 bits per heavy atom. The zero-order valence-electron chi connectivity index (χ0n) is 11.0. The van der Waals surface area contributed by atoms with E-state index in [0.717, 1.165) is 31.2 Å². The maximum absolute atomic E-state index is 10.6. The molecule has 0 fully saturated rings. The molecule has 1 heterocycles. The first-order chi connectivity index (χ1) is 9.65. The van der Waals surface area contributed by atoms with Gasteiger partial charge in [0.05, 0.1) is 4.92 Å². The lowest BCUT2D eigenvalue weighted by Crippen LogP contribution is -2.03. The lowest BCUT2D eigenvalue weighted by atomic mass is 10.1. The number of halogens is 1. The van der Waals surface area contributed by atoms with E-state index in [9.17, 15) is 10.1 Å². The molecule has 5 heteroatoms. The Balaban J connectivity index is 1.76. The van der Waals surface area contributed by atoms with Gasteiger partial charge in [0.15, 0.2) is 0 Å². The van der Waals surface area contributed by atoms with E-state index in [0.29, 0.717) is 4.83 Å². The number of nitro groups is 1. The highest BCUT2D eigenvalue weighted by Crippen LogP contribution is 2.20. The van der Waals surface area contributed by atoms with Gasteiger partial charge < -0.3 is 0 Å². The highest BCUT2D eigenvalue weighted by atomic mass is 79.9. The quantitative estimate of drug-likeness (QED) is 0.400. The Morgan fingerprint density at radius 3 is 2.60 bits per heavy atom. The number of alkyl halides is 1. The predicted molar refractivity (Wildman–Crippen MR) is 86.8 cm³/mol. The van der Waals surface area contributed by atoms with Gasteiger partial charge in [0.2, 0.25) is 0 Å². The van der Waals surface area contributed by atoms with Crippen LogP contribution in [0.4, 0.5) is 5.69 Å². The van der Waals surface area contributed by atoms with Crippen molar-refractivity contribution in [3.8, 4) is 0 Å². The minimum Gasteiger partial charge on any atom is -0.258 e. The first-order valence-electron chi connectivity index (χ1n) is 6.55. The highest BCUT2D eigenvalue weighted by Gasteiger charge is 2.08. The molecule has 1 unspecified atom stereocenters.